The smallest absolute Gasteiger partial charge is 0.407 e. The third-order valence-corrected chi connectivity index (χ3v) is 2.68. The number of ketones is 1. The van der Waals surface area contributed by atoms with Gasteiger partial charge in [-0.2, -0.15) is 0 Å². The van der Waals surface area contributed by atoms with Crippen molar-refractivity contribution < 1.29 is 28.3 Å². The first kappa shape index (κ1) is 16.5. The van der Waals surface area contributed by atoms with E-state index in [1.165, 1.54) is 32.4 Å². The molecule has 0 aliphatic heterocycles. The van der Waals surface area contributed by atoms with E-state index in [2.05, 4.69) is 16.6 Å². The van der Waals surface area contributed by atoms with Gasteiger partial charge in [-0.05, 0) is 19.1 Å². The van der Waals surface area contributed by atoms with Gasteiger partial charge in [0.15, 0.2) is 0 Å². The highest BCUT2D eigenvalue weighted by atomic mass is 16.5. The fourth-order valence-corrected chi connectivity index (χ4v) is 1.74. The lowest BCUT2D eigenvalue weighted by molar-refractivity contribution is -0.152. The lowest BCUT2D eigenvalue weighted by Crippen LogP contribution is -2.40. The minimum Gasteiger partial charge on any atom is -0.467 e. The van der Waals surface area contributed by atoms with E-state index >= 15 is 0 Å². The SMILES string of the molecule is C=CCOC(=O)C(C(C)=O)C(NC(=O)OC)c1ccco1. The summed E-state index contributed by atoms with van der Waals surface area (Å²) < 4.78 is 14.6. The zero-order chi connectivity index (χ0) is 15.8. The van der Waals surface area contributed by atoms with Crippen LogP contribution < -0.4 is 5.32 Å². The van der Waals surface area contributed by atoms with Gasteiger partial charge in [-0.1, -0.05) is 12.7 Å². The van der Waals surface area contributed by atoms with Gasteiger partial charge in [0.05, 0.1) is 13.4 Å². The molecule has 1 aromatic heterocycles. The molecule has 0 aromatic carbocycles. The van der Waals surface area contributed by atoms with Crippen LogP contribution in [-0.4, -0.2) is 31.6 Å². The number of methoxy groups -OCH3 is 1. The summed E-state index contributed by atoms with van der Waals surface area (Å²) >= 11 is 0. The number of alkyl carbamates (subject to hydrolysis) is 1. The van der Waals surface area contributed by atoms with Crippen LogP contribution in [0.3, 0.4) is 0 Å². The first-order valence-corrected chi connectivity index (χ1v) is 6.17. The van der Waals surface area contributed by atoms with Gasteiger partial charge in [0.25, 0.3) is 0 Å². The minimum absolute atomic E-state index is 0.0360. The molecule has 0 saturated heterocycles. The van der Waals surface area contributed by atoms with Gasteiger partial charge in [0.1, 0.15) is 30.1 Å². The average Bonchev–Trinajstić information content (AvgIpc) is 2.97. The number of esters is 1. The van der Waals surface area contributed by atoms with Gasteiger partial charge >= 0.3 is 12.1 Å². The predicted octanol–water partition coefficient (Wildman–Crippen LogP) is 1.61. The van der Waals surface area contributed by atoms with E-state index in [0.717, 1.165) is 0 Å². The fourth-order valence-electron chi connectivity index (χ4n) is 1.74. The number of nitrogens with one attached hydrogen (secondary N) is 1. The summed E-state index contributed by atoms with van der Waals surface area (Å²) in [7, 11) is 1.17. The monoisotopic (exact) mass is 295 g/mol. The second kappa shape index (κ2) is 7.88. The molecule has 1 aromatic rings. The Kier molecular flexibility index (Phi) is 6.19. The van der Waals surface area contributed by atoms with Gasteiger partial charge in [-0.25, -0.2) is 4.79 Å². The molecule has 7 nitrogen and oxygen atoms in total. The maximum atomic E-state index is 12.0. The number of ether oxygens (including phenoxy) is 2. The van der Waals surface area contributed by atoms with E-state index in [4.69, 9.17) is 9.15 Å². The normalized spacial score (nSPS) is 12.9. The van der Waals surface area contributed by atoms with Gasteiger partial charge in [0, 0.05) is 0 Å². The number of hydrogen-bond donors (Lipinski definition) is 1. The molecule has 0 aliphatic carbocycles. The van der Waals surface area contributed by atoms with Gasteiger partial charge in [-0.15, -0.1) is 0 Å². The highest BCUT2D eigenvalue weighted by molar-refractivity contribution is 5.99. The molecule has 1 heterocycles. The number of rotatable bonds is 7. The Hall–Kier alpha value is -2.57. The summed E-state index contributed by atoms with van der Waals surface area (Å²) in [5.41, 5.74) is 0. The third kappa shape index (κ3) is 4.48. The van der Waals surface area contributed by atoms with Crippen molar-refractivity contribution in [2.75, 3.05) is 13.7 Å². The first-order chi connectivity index (χ1) is 10.0. The largest absolute Gasteiger partial charge is 0.467 e. The van der Waals surface area contributed by atoms with Crippen LogP contribution in [0.4, 0.5) is 4.79 Å². The van der Waals surface area contributed by atoms with Crippen LogP contribution >= 0.6 is 0 Å². The number of carbonyl (C=O) groups is 3. The first-order valence-electron chi connectivity index (χ1n) is 6.17. The Morgan fingerprint density at radius 2 is 2.19 bits per heavy atom. The molecule has 0 aliphatic rings. The molecular weight excluding hydrogens is 278 g/mol. The Bertz CT molecular complexity index is 508. The van der Waals surface area contributed by atoms with Crippen LogP contribution in [0.1, 0.15) is 18.7 Å². The molecule has 2 unspecified atom stereocenters. The van der Waals surface area contributed by atoms with Crippen molar-refractivity contribution in [3.05, 3.63) is 36.8 Å². The topological polar surface area (TPSA) is 94.8 Å². The van der Waals surface area contributed by atoms with Gasteiger partial charge in [-0.3, -0.25) is 9.59 Å². The molecule has 21 heavy (non-hydrogen) atoms. The molecule has 0 radical (unpaired) electrons. The summed E-state index contributed by atoms with van der Waals surface area (Å²) in [6, 6.07) is 2.10. The predicted molar refractivity (Wildman–Crippen MR) is 72.3 cm³/mol. The molecule has 1 rings (SSSR count). The Labute approximate surface area is 121 Å². The van der Waals surface area contributed by atoms with Gasteiger partial charge in [0.2, 0.25) is 0 Å². The third-order valence-electron chi connectivity index (χ3n) is 2.68. The molecule has 114 valence electrons. The molecule has 0 fully saturated rings. The van der Waals surface area contributed by atoms with Crippen LogP contribution in [0.25, 0.3) is 0 Å². The second-order valence-corrected chi connectivity index (χ2v) is 4.14. The van der Waals surface area contributed by atoms with Crippen molar-refractivity contribution in [2.45, 2.75) is 13.0 Å². The van der Waals surface area contributed by atoms with Crippen LogP contribution in [0.15, 0.2) is 35.5 Å². The standard InChI is InChI=1S/C14H17NO6/c1-4-7-21-13(17)11(9(2)16)12(15-14(18)19-3)10-6-5-8-20-10/h4-6,8,11-12H,1,7H2,2-3H3,(H,15,18). The van der Waals surface area contributed by atoms with Crippen LogP contribution in [0.2, 0.25) is 0 Å². The van der Waals surface area contributed by atoms with E-state index in [1.54, 1.807) is 6.07 Å². The van der Waals surface area contributed by atoms with Gasteiger partial charge < -0.3 is 19.2 Å². The van der Waals surface area contributed by atoms with E-state index in [1.807, 2.05) is 0 Å². The summed E-state index contributed by atoms with van der Waals surface area (Å²) in [4.78, 5) is 35.2. The highest BCUT2D eigenvalue weighted by Crippen LogP contribution is 2.25. The van der Waals surface area contributed by atoms with E-state index in [-0.39, 0.29) is 12.4 Å². The lowest BCUT2D eigenvalue weighted by Gasteiger charge is -2.22. The Balaban J connectivity index is 3.06. The lowest BCUT2D eigenvalue weighted by atomic mass is 9.94. The Morgan fingerprint density at radius 1 is 1.48 bits per heavy atom. The molecule has 2 atom stereocenters. The molecule has 0 saturated carbocycles. The molecule has 1 amide bonds. The number of amides is 1. The van der Waals surface area contributed by atoms with Crippen LogP contribution in [-0.2, 0) is 19.1 Å². The van der Waals surface area contributed by atoms with Crippen LogP contribution in [0.5, 0.6) is 0 Å². The number of Topliss-reactive ketones (excluding diaryl/α,β-unsaturated/α-hetero) is 1. The van der Waals surface area contributed by atoms with Crippen molar-refractivity contribution in [2.24, 2.45) is 5.92 Å². The average molecular weight is 295 g/mol. The van der Waals surface area contributed by atoms with Crippen LogP contribution in [0, 0.1) is 5.92 Å². The Morgan fingerprint density at radius 3 is 2.67 bits per heavy atom. The van der Waals surface area contributed by atoms with Crippen molar-refractivity contribution in [1.29, 1.82) is 0 Å². The maximum absolute atomic E-state index is 12.0. The molecular formula is C14H17NO6. The van der Waals surface area contributed by atoms with E-state index in [9.17, 15) is 14.4 Å². The van der Waals surface area contributed by atoms with E-state index < -0.39 is 29.8 Å². The zero-order valence-electron chi connectivity index (χ0n) is 11.8. The molecule has 7 heteroatoms. The fraction of sp³-hybridized carbons (Fsp3) is 0.357. The van der Waals surface area contributed by atoms with E-state index in [0.29, 0.717) is 0 Å². The number of furan rings is 1. The maximum Gasteiger partial charge on any atom is 0.407 e. The highest BCUT2D eigenvalue weighted by Gasteiger charge is 2.37. The number of carbonyl (C=O) groups excluding carboxylic acids is 3. The van der Waals surface area contributed by atoms with Crippen molar-refractivity contribution >= 4 is 17.8 Å². The molecule has 0 bridgehead atoms. The van der Waals surface area contributed by atoms with Crippen molar-refractivity contribution in [3.63, 3.8) is 0 Å². The van der Waals surface area contributed by atoms with Crippen molar-refractivity contribution in [3.8, 4) is 0 Å². The second-order valence-electron chi connectivity index (χ2n) is 4.14. The molecule has 0 spiro atoms. The summed E-state index contributed by atoms with van der Waals surface area (Å²) in [6.07, 6.45) is 1.96. The summed E-state index contributed by atoms with van der Waals surface area (Å²) in [5, 5.41) is 2.41. The van der Waals surface area contributed by atoms with Crippen molar-refractivity contribution in [1.82, 2.24) is 5.32 Å². The minimum atomic E-state index is -1.24. The summed E-state index contributed by atoms with van der Waals surface area (Å²) in [5.74, 6) is -2.24. The quantitative estimate of drug-likeness (QED) is 0.466. The zero-order valence-corrected chi connectivity index (χ0v) is 11.8. The molecule has 1 N–H and O–H groups in total. The number of hydrogen-bond acceptors (Lipinski definition) is 6. The summed E-state index contributed by atoms with van der Waals surface area (Å²) in [6.45, 7) is 4.62.